The van der Waals surface area contributed by atoms with Crippen molar-refractivity contribution in [1.82, 2.24) is 10.6 Å². The van der Waals surface area contributed by atoms with Crippen molar-refractivity contribution < 1.29 is 9.59 Å². The minimum Gasteiger partial charge on any atom is -0.352 e. The van der Waals surface area contributed by atoms with Gasteiger partial charge in [0.2, 0.25) is 5.91 Å². The predicted octanol–water partition coefficient (Wildman–Crippen LogP) is 2.15. The molecule has 2 amide bonds. The van der Waals surface area contributed by atoms with Gasteiger partial charge in [-0.1, -0.05) is 0 Å². The molecule has 0 aliphatic rings. The average molecular weight is 319 g/mol. The van der Waals surface area contributed by atoms with Crippen LogP contribution in [0.5, 0.6) is 0 Å². The highest BCUT2D eigenvalue weighted by atomic mass is 79.9. The Bertz CT molecular complexity index is 417. The first kappa shape index (κ1) is 14.2. The first-order valence-corrected chi connectivity index (χ1v) is 6.92. The Morgan fingerprint density at radius 3 is 2.41 bits per heavy atom. The molecule has 1 heterocycles. The van der Waals surface area contributed by atoms with Crippen LogP contribution in [0.2, 0.25) is 0 Å². The van der Waals surface area contributed by atoms with Crippen LogP contribution in [0.3, 0.4) is 0 Å². The van der Waals surface area contributed by atoms with Gasteiger partial charge in [0, 0.05) is 11.4 Å². The molecular weight excluding hydrogens is 304 g/mol. The van der Waals surface area contributed by atoms with Gasteiger partial charge < -0.3 is 10.6 Å². The lowest BCUT2D eigenvalue weighted by atomic mass is 10.2. The highest BCUT2D eigenvalue weighted by Crippen LogP contribution is 2.20. The summed E-state index contributed by atoms with van der Waals surface area (Å²) in [5.74, 6) is -0.416. The summed E-state index contributed by atoms with van der Waals surface area (Å²) >= 11 is 4.72. The Morgan fingerprint density at radius 1 is 1.29 bits per heavy atom. The molecule has 1 aromatic rings. The zero-order chi connectivity index (χ0) is 13.0. The van der Waals surface area contributed by atoms with E-state index in [0.29, 0.717) is 5.56 Å². The summed E-state index contributed by atoms with van der Waals surface area (Å²) in [4.78, 5) is 23.3. The molecule has 0 fully saturated rings. The Hall–Kier alpha value is -0.880. The van der Waals surface area contributed by atoms with E-state index >= 15 is 0 Å². The fraction of sp³-hybridized carbons (Fsp3) is 0.455. The van der Waals surface area contributed by atoms with Gasteiger partial charge in [-0.3, -0.25) is 9.59 Å². The van der Waals surface area contributed by atoms with Gasteiger partial charge in [0.25, 0.3) is 5.91 Å². The summed E-state index contributed by atoms with van der Waals surface area (Å²) in [5.41, 5.74) is 0.561. The lowest BCUT2D eigenvalue weighted by Crippen LogP contribution is -2.46. The van der Waals surface area contributed by atoms with E-state index in [1.807, 2.05) is 13.8 Å². The van der Waals surface area contributed by atoms with E-state index in [1.54, 1.807) is 18.4 Å². The van der Waals surface area contributed by atoms with Crippen molar-refractivity contribution >= 4 is 39.1 Å². The molecule has 2 N–H and O–H groups in total. The third-order valence-corrected chi connectivity index (χ3v) is 3.51. The van der Waals surface area contributed by atoms with Gasteiger partial charge in [0.15, 0.2) is 0 Å². The van der Waals surface area contributed by atoms with Crippen LogP contribution in [0, 0.1) is 0 Å². The molecule has 0 aliphatic carbocycles. The van der Waals surface area contributed by atoms with Crippen molar-refractivity contribution in [2.75, 3.05) is 0 Å². The zero-order valence-corrected chi connectivity index (χ0v) is 12.3. The SMILES string of the molecule is CC(C)NC(=O)C(C)NC(=O)c1csc(Br)c1. The van der Waals surface area contributed by atoms with Crippen LogP contribution in [0.4, 0.5) is 0 Å². The number of nitrogens with one attached hydrogen (secondary N) is 2. The molecule has 0 radical (unpaired) electrons. The Kier molecular flexibility index (Phi) is 5.14. The number of halogens is 1. The standard InChI is InChI=1S/C11H15BrN2O2S/c1-6(2)13-10(15)7(3)14-11(16)8-4-9(12)17-5-8/h4-7H,1-3H3,(H,13,15)(H,14,16). The maximum atomic E-state index is 11.8. The molecule has 0 spiro atoms. The van der Waals surface area contributed by atoms with E-state index < -0.39 is 6.04 Å². The van der Waals surface area contributed by atoms with E-state index in [4.69, 9.17) is 0 Å². The molecule has 94 valence electrons. The normalized spacial score (nSPS) is 12.3. The molecule has 0 bridgehead atoms. The smallest absolute Gasteiger partial charge is 0.252 e. The molecule has 1 rings (SSSR count). The average Bonchev–Trinajstić information content (AvgIpc) is 2.63. The van der Waals surface area contributed by atoms with Crippen LogP contribution in [-0.2, 0) is 4.79 Å². The second kappa shape index (κ2) is 6.16. The van der Waals surface area contributed by atoms with Crippen LogP contribution in [-0.4, -0.2) is 23.9 Å². The maximum Gasteiger partial charge on any atom is 0.252 e. The minimum atomic E-state index is -0.538. The molecule has 0 aliphatic heterocycles. The molecule has 0 aromatic carbocycles. The van der Waals surface area contributed by atoms with Gasteiger partial charge in [-0.2, -0.15) is 0 Å². The number of thiophene rings is 1. The highest BCUT2D eigenvalue weighted by molar-refractivity contribution is 9.11. The molecule has 0 saturated heterocycles. The monoisotopic (exact) mass is 318 g/mol. The minimum absolute atomic E-state index is 0.0668. The number of rotatable bonds is 4. The van der Waals surface area contributed by atoms with E-state index in [1.165, 1.54) is 11.3 Å². The van der Waals surface area contributed by atoms with Crippen LogP contribution >= 0.6 is 27.3 Å². The van der Waals surface area contributed by atoms with Crippen LogP contribution < -0.4 is 10.6 Å². The van der Waals surface area contributed by atoms with Crippen molar-refractivity contribution in [3.63, 3.8) is 0 Å². The Morgan fingerprint density at radius 2 is 1.94 bits per heavy atom. The van der Waals surface area contributed by atoms with Crippen molar-refractivity contribution in [2.45, 2.75) is 32.9 Å². The molecule has 1 aromatic heterocycles. The van der Waals surface area contributed by atoms with Crippen molar-refractivity contribution in [3.05, 3.63) is 20.8 Å². The summed E-state index contributed by atoms with van der Waals surface area (Å²) in [5, 5.41) is 7.14. The number of hydrogen-bond acceptors (Lipinski definition) is 3. The molecule has 6 heteroatoms. The fourth-order valence-corrected chi connectivity index (χ4v) is 2.32. The number of amides is 2. The van der Waals surface area contributed by atoms with Gasteiger partial charge >= 0.3 is 0 Å². The van der Waals surface area contributed by atoms with Gasteiger partial charge in [0.05, 0.1) is 9.35 Å². The highest BCUT2D eigenvalue weighted by Gasteiger charge is 2.17. The first-order chi connectivity index (χ1) is 7.90. The van der Waals surface area contributed by atoms with E-state index in [9.17, 15) is 9.59 Å². The van der Waals surface area contributed by atoms with E-state index in [-0.39, 0.29) is 17.9 Å². The number of hydrogen-bond donors (Lipinski definition) is 2. The Balaban J connectivity index is 2.54. The number of carbonyl (C=O) groups is 2. The van der Waals surface area contributed by atoms with Crippen LogP contribution in [0.25, 0.3) is 0 Å². The fourth-order valence-electron chi connectivity index (χ4n) is 1.18. The maximum absolute atomic E-state index is 11.8. The van der Waals surface area contributed by atoms with Crippen molar-refractivity contribution in [3.8, 4) is 0 Å². The summed E-state index contributed by atoms with van der Waals surface area (Å²) in [6.45, 7) is 5.42. The van der Waals surface area contributed by atoms with Gasteiger partial charge in [-0.05, 0) is 42.8 Å². The second-order valence-electron chi connectivity index (χ2n) is 4.00. The molecule has 1 atom stereocenters. The van der Waals surface area contributed by atoms with Crippen LogP contribution in [0.1, 0.15) is 31.1 Å². The quantitative estimate of drug-likeness (QED) is 0.893. The van der Waals surface area contributed by atoms with Crippen LogP contribution in [0.15, 0.2) is 15.2 Å². The van der Waals surface area contributed by atoms with E-state index in [2.05, 4.69) is 26.6 Å². The summed E-state index contributed by atoms with van der Waals surface area (Å²) in [6, 6.07) is 1.26. The van der Waals surface area contributed by atoms with E-state index in [0.717, 1.165) is 3.79 Å². The summed E-state index contributed by atoms with van der Waals surface area (Å²) < 4.78 is 0.891. The van der Waals surface area contributed by atoms with Crippen molar-refractivity contribution in [1.29, 1.82) is 0 Å². The molecule has 0 saturated carbocycles. The molecule has 1 unspecified atom stereocenters. The molecule has 4 nitrogen and oxygen atoms in total. The molecule has 17 heavy (non-hydrogen) atoms. The first-order valence-electron chi connectivity index (χ1n) is 5.25. The zero-order valence-electron chi connectivity index (χ0n) is 9.91. The van der Waals surface area contributed by atoms with Crippen molar-refractivity contribution in [2.24, 2.45) is 0 Å². The van der Waals surface area contributed by atoms with Gasteiger partial charge in [-0.15, -0.1) is 11.3 Å². The lowest BCUT2D eigenvalue weighted by molar-refractivity contribution is -0.123. The number of carbonyl (C=O) groups excluding carboxylic acids is 2. The lowest BCUT2D eigenvalue weighted by Gasteiger charge is -2.15. The summed E-state index contributed by atoms with van der Waals surface area (Å²) in [7, 11) is 0. The molecular formula is C11H15BrN2O2S. The van der Waals surface area contributed by atoms with Gasteiger partial charge in [-0.25, -0.2) is 0 Å². The second-order valence-corrected chi connectivity index (χ2v) is 6.29. The Labute approximate surface area is 113 Å². The largest absolute Gasteiger partial charge is 0.352 e. The third-order valence-electron chi connectivity index (χ3n) is 2.00. The third kappa shape index (κ3) is 4.47. The summed E-state index contributed by atoms with van der Waals surface area (Å²) in [6.07, 6.45) is 0. The topological polar surface area (TPSA) is 58.2 Å². The van der Waals surface area contributed by atoms with Gasteiger partial charge in [0.1, 0.15) is 6.04 Å². The predicted molar refractivity (Wildman–Crippen MR) is 72.2 cm³/mol.